The molecule has 1 heterocycles. The summed E-state index contributed by atoms with van der Waals surface area (Å²) in [6, 6.07) is 5.50. The third-order valence-corrected chi connectivity index (χ3v) is 6.07. The maximum absolute atomic E-state index is 13.2. The summed E-state index contributed by atoms with van der Waals surface area (Å²) in [6.45, 7) is 5.08. The normalized spacial score (nSPS) is 21.8. The molecule has 2 atom stereocenters. The predicted molar refractivity (Wildman–Crippen MR) is 81.1 cm³/mol. The van der Waals surface area contributed by atoms with Gasteiger partial charge >= 0.3 is 0 Å². The average molecular weight is 285 g/mol. The zero-order chi connectivity index (χ0) is 13.0. The number of thioether (sulfide) groups is 2. The van der Waals surface area contributed by atoms with Crippen molar-refractivity contribution >= 4 is 23.5 Å². The molecule has 1 aromatic carbocycles. The Kier molecular flexibility index (Phi) is 5.39. The Bertz CT molecular complexity index is 391. The Morgan fingerprint density at radius 1 is 1.44 bits per heavy atom. The van der Waals surface area contributed by atoms with E-state index in [9.17, 15) is 4.39 Å². The van der Waals surface area contributed by atoms with E-state index in [0.29, 0.717) is 11.3 Å². The molecule has 1 N–H and O–H groups in total. The van der Waals surface area contributed by atoms with Gasteiger partial charge in [-0.25, -0.2) is 4.39 Å². The summed E-state index contributed by atoms with van der Waals surface area (Å²) >= 11 is 4.07. The summed E-state index contributed by atoms with van der Waals surface area (Å²) in [5.74, 6) is 3.51. The van der Waals surface area contributed by atoms with E-state index in [1.807, 2.05) is 36.5 Å². The number of rotatable bonds is 4. The van der Waals surface area contributed by atoms with Crippen molar-refractivity contribution in [3.05, 3.63) is 35.1 Å². The summed E-state index contributed by atoms with van der Waals surface area (Å²) in [6.07, 6.45) is 0. The maximum Gasteiger partial charge on any atom is 0.123 e. The van der Waals surface area contributed by atoms with Crippen LogP contribution in [0.15, 0.2) is 18.2 Å². The van der Waals surface area contributed by atoms with Crippen LogP contribution >= 0.6 is 23.5 Å². The van der Waals surface area contributed by atoms with Crippen LogP contribution in [0.4, 0.5) is 4.39 Å². The second-order valence-electron chi connectivity index (χ2n) is 4.52. The van der Waals surface area contributed by atoms with Gasteiger partial charge in [0.1, 0.15) is 5.82 Å². The molecule has 1 nitrogen and oxygen atoms in total. The molecule has 0 saturated carbocycles. The topological polar surface area (TPSA) is 12.0 Å². The fraction of sp³-hybridized carbons (Fsp3) is 0.571. The monoisotopic (exact) mass is 285 g/mol. The Hall–Kier alpha value is -0.190. The van der Waals surface area contributed by atoms with Crippen molar-refractivity contribution < 1.29 is 4.39 Å². The third kappa shape index (κ3) is 3.43. The van der Waals surface area contributed by atoms with Gasteiger partial charge in [-0.2, -0.15) is 23.5 Å². The van der Waals surface area contributed by atoms with Crippen LogP contribution in [-0.2, 0) is 0 Å². The van der Waals surface area contributed by atoms with Crippen LogP contribution in [-0.4, -0.2) is 29.1 Å². The Balaban J connectivity index is 2.22. The van der Waals surface area contributed by atoms with E-state index in [4.69, 9.17) is 0 Å². The lowest BCUT2D eigenvalue weighted by atomic mass is 9.99. The summed E-state index contributed by atoms with van der Waals surface area (Å²) in [4.78, 5) is 0. The minimum atomic E-state index is -0.142. The number of halogens is 1. The van der Waals surface area contributed by atoms with E-state index >= 15 is 0 Å². The van der Waals surface area contributed by atoms with Crippen molar-refractivity contribution in [3.8, 4) is 0 Å². The zero-order valence-electron chi connectivity index (χ0n) is 10.9. The van der Waals surface area contributed by atoms with Crippen LogP contribution in [0.2, 0.25) is 0 Å². The molecule has 1 aliphatic heterocycles. The smallest absolute Gasteiger partial charge is 0.123 e. The molecule has 0 aliphatic carbocycles. The highest BCUT2D eigenvalue weighted by Gasteiger charge is 2.26. The SMILES string of the molecule is CCNC(c1ccc(F)cc1C)C1CSCCS1. The molecule has 0 radical (unpaired) electrons. The van der Waals surface area contributed by atoms with E-state index < -0.39 is 0 Å². The van der Waals surface area contributed by atoms with Gasteiger partial charge in [0.2, 0.25) is 0 Å². The van der Waals surface area contributed by atoms with Gasteiger partial charge in [-0.15, -0.1) is 0 Å². The summed E-state index contributed by atoms with van der Waals surface area (Å²) in [7, 11) is 0. The van der Waals surface area contributed by atoms with Crippen LogP contribution in [0.3, 0.4) is 0 Å². The highest BCUT2D eigenvalue weighted by Crippen LogP contribution is 2.34. The molecule has 100 valence electrons. The average Bonchev–Trinajstić information content (AvgIpc) is 2.38. The summed E-state index contributed by atoms with van der Waals surface area (Å²) in [5.41, 5.74) is 2.30. The highest BCUT2D eigenvalue weighted by molar-refractivity contribution is 8.06. The Morgan fingerprint density at radius 3 is 2.89 bits per heavy atom. The van der Waals surface area contributed by atoms with Gasteiger partial charge in [-0.1, -0.05) is 13.0 Å². The van der Waals surface area contributed by atoms with Gasteiger partial charge in [0.15, 0.2) is 0 Å². The quantitative estimate of drug-likeness (QED) is 0.907. The molecular weight excluding hydrogens is 265 g/mol. The number of nitrogens with one attached hydrogen (secondary N) is 1. The van der Waals surface area contributed by atoms with E-state index in [2.05, 4.69) is 12.2 Å². The molecule has 2 rings (SSSR count). The van der Waals surface area contributed by atoms with Crippen molar-refractivity contribution in [3.63, 3.8) is 0 Å². The van der Waals surface area contributed by atoms with Crippen molar-refractivity contribution in [1.82, 2.24) is 5.32 Å². The second-order valence-corrected chi connectivity index (χ2v) is 7.02. The summed E-state index contributed by atoms with van der Waals surface area (Å²) < 4.78 is 13.2. The first-order valence-corrected chi connectivity index (χ1v) is 8.61. The molecule has 0 bridgehead atoms. The van der Waals surface area contributed by atoms with Crippen molar-refractivity contribution in [1.29, 1.82) is 0 Å². The van der Waals surface area contributed by atoms with Crippen LogP contribution in [0, 0.1) is 12.7 Å². The fourth-order valence-corrected chi connectivity index (χ4v) is 5.21. The first-order valence-electron chi connectivity index (χ1n) is 6.41. The maximum atomic E-state index is 13.2. The molecule has 1 fully saturated rings. The Morgan fingerprint density at radius 2 is 2.28 bits per heavy atom. The first-order chi connectivity index (χ1) is 8.72. The van der Waals surface area contributed by atoms with Crippen molar-refractivity contribution in [2.24, 2.45) is 0 Å². The molecular formula is C14H20FNS2. The molecule has 1 saturated heterocycles. The van der Waals surface area contributed by atoms with Crippen molar-refractivity contribution in [2.75, 3.05) is 23.8 Å². The van der Waals surface area contributed by atoms with Gasteiger partial charge in [0, 0.05) is 28.6 Å². The number of benzene rings is 1. The standard InChI is InChI=1S/C14H20FNS2/c1-3-16-14(13-9-17-6-7-18-13)12-5-4-11(15)8-10(12)2/h4-5,8,13-14,16H,3,6-7,9H2,1-2H3. The minimum Gasteiger partial charge on any atom is -0.309 e. The zero-order valence-corrected chi connectivity index (χ0v) is 12.5. The van der Waals surface area contributed by atoms with Crippen LogP contribution in [0.25, 0.3) is 0 Å². The molecule has 18 heavy (non-hydrogen) atoms. The van der Waals surface area contributed by atoms with E-state index in [-0.39, 0.29) is 5.82 Å². The lowest BCUT2D eigenvalue weighted by Gasteiger charge is -2.31. The largest absolute Gasteiger partial charge is 0.309 e. The van der Waals surface area contributed by atoms with Gasteiger partial charge in [0.05, 0.1) is 0 Å². The predicted octanol–water partition coefficient (Wildman–Crippen LogP) is 3.63. The molecule has 1 aromatic rings. The van der Waals surface area contributed by atoms with E-state index in [0.717, 1.165) is 12.1 Å². The number of hydrogen-bond acceptors (Lipinski definition) is 3. The first kappa shape index (κ1) is 14.2. The molecule has 1 aliphatic rings. The lowest BCUT2D eigenvalue weighted by molar-refractivity contribution is 0.545. The lowest BCUT2D eigenvalue weighted by Crippen LogP contribution is -2.34. The highest BCUT2D eigenvalue weighted by atomic mass is 32.2. The van der Waals surface area contributed by atoms with Gasteiger partial charge in [-0.05, 0) is 36.7 Å². The third-order valence-electron chi connectivity index (χ3n) is 3.20. The number of hydrogen-bond donors (Lipinski definition) is 1. The molecule has 0 spiro atoms. The minimum absolute atomic E-state index is 0.142. The second kappa shape index (κ2) is 6.83. The molecule has 4 heteroatoms. The van der Waals surface area contributed by atoms with E-state index in [1.54, 1.807) is 12.1 Å². The van der Waals surface area contributed by atoms with E-state index in [1.165, 1.54) is 22.8 Å². The van der Waals surface area contributed by atoms with Gasteiger partial charge in [-0.3, -0.25) is 0 Å². The molecule has 2 unspecified atom stereocenters. The van der Waals surface area contributed by atoms with Crippen molar-refractivity contribution in [2.45, 2.75) is 25.1 Å². The Labute approximate surface area is 117 Å². The van der Waals surface area contributed by atoms with Gasteiger partial charge < -0.3 is 5.32 Å². The fourth-order valence-electron chi connectivity index (χ4n) is 2.35. The number of aryl methyl sites for hydroxylation is 1. The molecule has 0 aromatic heterocycles. The summed E-state index contributed by atoms with van der Waals surface area (Å²) in [5, 5.41) is 4.16. The van der Waals surface area contributed by atoms with Crippen LogP contribution < -0.4 is 5.32 Å². The van der Waals surface area contributed by atoms with Gasteiger partial charge in [0.25, 0.3) is 0 Å². The van der Waals surface area contributed by atoms with Crippen LogP contribution in [0.1, 0.15) is 24.1 Å². The molecule has 0 amide bonds. The van der Waals surface area contributed by atoms with Crippen LogP contribution in [0.5, 0.6) is 0 Å².